The molecular formula is C6H6LiN. The first-order valence-electron chi connectivity index (χ1n) is 2.18. The summed E-state index contributed by atoms with van der Waals surface area (Å²) in [4.78, 5) is 3.76. The summed E-state index contributed by atoms with van der Waals surface area (Å²) in [5.41, 5.74) is 1.18. The van der Waals surface area contributed by atoms with Gasteiger partial charge in [0.15, 0.2) is 0 Å². The van der Waals surface area contributed by atoms with Crippen LogP contribution in [0, 0.1) is 13.1 Å². The normalized spacial score (nSPS) is 7.62. The molecule has 0 saturated heterocycles. The molecule has 0 spiro atoms. The summed E-state index contributed by atoms with van der Waals surface area (Å²) in [6.07, 6.45) is 4.46. The molecule has 0 aliphatic rings. The minimum absolute atomic E-state index is 0. The van der Waals surface area contributed by atoms with Crippen LogP contribution < -0.4 is 0 Å². The molecule has 1 rings (SSSR count). The maximum atomic E-state index is 3.76. The van der Waals surface area contributed by atoms with Crippen molar-refractivity contribution < 1.29 is 0 Å². The van der Waals surface area contributed by atoms with Crippen LogP contribution in [0.3, 0.4) is 0 Å². The van der Waals surface area contributed by atoms with E-state index < -0.39 is 0 Å². The molecule has 0 aliphatic carbocycles. The summed E-state index contributed by atoms with van der Waals surface area (Å²) in [7, 11) is 0. The number of aryl methyl sites for hydroxylation is 1. The van der Waals surface area contributed by atoms with Crippen LogP contribution in [-0.2, 0) is 0 Å². The predicted molar refractivity (Wildman–Crippen MR) is 33.6 cm³/mol. The van der Waals surface area contributed by atoms with Gasteiger partial charge in [0, 0.05) is 25.1 Å². The van der Waals surface area contributed by atoms with Gasteiger partial charge in [0.05, 0.1) is 6.20 Å². The van der Waals surface area contributed by atoms with Crippen molar-refractivity contribution in [1.29, 1.82) is 0 Å². The summed E-state index contributed by atoms with van der Waals surface area (Å²) in [5.74, 6) is 0. The SMILES string of the molecule is Cc1cc[c]nc1.[Li]. The monoisotopic (exact) mass is 99.1 g/mol. The fourth-order valence-corrected chi connectivity index (χ4v) is 0.394. The Kier molecular flexibility index (Phi) is 3.60. The molecule has 36 valence electrons. The van der Waals surface area contributed by atoms with Crippen molar-refractivity contribution in [3.8, 4) is 0 Å². The van der Waals surface area contributed by atoms with E-state index in [1.165, 1.54) is 5.56 Å². The fourth-order valence-electron chi connectivity index (χ4n) is 0.394. The maximum Gasteiger partial charge on any atom is 0.0886 e. The average molecular weight is 99.1 g/mol. The third-order valence-corrected chi connectivity index (χ3v) is 0.763. The zero-order valence-electron chi connectivity index (χ0n) is 5.18. The van der Waals surface area contributed by atoms with E-state index in [4.69, 9.17) is 0 Å². The molecule has 0 saturated carbocycles. The number of pyridine rings is 1. The summed E-state index contributed by atoms with van der Waals surface area (Å²) < 4.78 is 0. The quantitative estimate of drug-likeness (QED) is 0.438. The molecule has 1 aromatic heterocycles. The molecule has 0 bridgehead atoms. The van der Waals surface area contributed by atoms with Crippen LogP contribution in [0.5, 0.6) is 0 Å². The maximum absolute atomic E-state index is 3.76. The standard InChI is InChI=1S/C6H6N.Li/c1-6-3-2-4-7-5-6;/h2-3,5H,1H3;. The number of aromatic nitrogens is 1. The van der Waals surface area contributed by atoms with Crippen LogP contribution in [0.4, 0.5) is 0 Å². The Morgan fingerprint density at radius 2 is 2.38 bits per heavy atom. The Balaban J connectivity index is 0.000000490. The van der Waals surface area contributed by atoms with Crippen molar-refractivity contribution in [3.63, 3.8) is 0 Å². The molecule has 1 nitrogen and oxygen atoms in total. The van der Waals surface area contributed by atoms with Gasteiger partial charge in [0.25, 0.3) is 0 Å². The van der Waals surface area contributed by atoms with Crippen LogP contribution in [0.1, 0.15) is 5.56 Å². The van der Waals surface area contributed by atoms with E-state index in [0.29, 0.717) is 0 Å². The van der Waals surface area contributed by atoms with Crippen molar-refractivity contribution in [3.05, 3.63) is 30.1 Å². The van der Waals surface area contributed by atoms with Crippen LogP contribution in [-0.4, -0.2) is 23.8 Å². The van der Waals surface area contributed by atoms with E-state index in [1.807, 2.05) is 13.0 Å². The molecule has 1 aromatic rings. The van der Waals surface area contributed by atoms with Gasteiger partial charge in [-0.15, -0.1) is 0 Å². The number of rotatable bonds is 0. The van der Waals surface area contributed by atoms with Gasteiger partial charge in [-0.3, -0.25) is 4.98 Å². The van der Waals surface area contributed by atoms with E-state index in [0.717, 1.165) is 0 Å². The van der Waals surface area contributed by atoms with Crippen molar-refractivity contribution in [2.75, 3.05) is 0 Å². The molecule has 0 unspecified atom stereocenters. The van der Waals surface area contributed by atoms with Gasteiger partial charge < -0.3 is 0 Å². The number of nitrogens with zero attached hydrogens (tertiary/aromatic N) is 1. The van der Waals surface area contributed by atoms with E-state index in [2.05, 4.69) is 11.2 Å². The summed E-state index contributed by atoms with van der Waals surface area (Å²) in [5, 5.41) is 0. The topological polar surface area (TPSA) is 12.9 Å². The van der Waals surface area contributed by atoms with Crippen LogP contribution in [0.15, 0.2) is 18.3 Å². The summed E-state index contributed by atoms with van der Waals surface area (Å²) >= 11 is 0. The molecule has 0 aromatic carbocycles. The Morgan fingerprint density at radius 1 is 1.62 bits per heavy atom. The van der Waals surface area contributed by atoms with E-state index in [-0.39, 0.29) is 18.9 Å². The average Bonchev–Trinajstić information content (AvgIpc) is 1.69. The molecule has 0 amide bonds. The first-order valence-corrected chi connectivity index (χ1v) is 2.18. The molecule has 0 N–H and O–H groups in total. The van der Waals surface area contributed by atoms with Crippen molar-refractivity contribution in [2.45, 2.75) is 6.92 Å². The second-order valence-electron chi connectivity index (χ2n) is 1.46. The third-order valence-electron chi connectivity index (χ3n) is 0.763. The zero-order chi connectivity index (χ0) is 5.11. The Bertz CT molecular complexity index is 138. The van der Waals surface area contributed by atoms with Crippen molar-refractivity contribution in [2.24, 2.45) is 0 Å². The van der Waals surface area contributed by atoms with Crippen molar-refractivity contribution in [1.82, 2.24) is 4.98 Å². The number of hydrogen-bond acceptors (Lipinski definition) is 1. The molecule has 0 fully saturated rings. The second-order valence-corrected chi connectivity index (χ2v) is 1.46. The van der Waals surface area contributed by atoms with Gasteiger partial charge in [-0.05, 0) is 18.6 Å². The molecular weight excluding hydrogens is 93.0 g/mol. The van der Waals surface area contributed by atoms with Crippen LogP contribution >= 0.6 is 0 Å². The molecule has 0 aliphatic heterocycles. The van der Waals surface area contributed by atoms with E-state index in [1.54, 1.807) is 12.3 Å². The minimum atomic E-state index is 0. The van der Waals surface area contributed by atoms with E-state index in [9.17, 15) is 0 Å². The van der Waals surface area contributed by atoms with Gasteiger partial charge in [-0.1, -0.05) is 6.07 Å². The third kappa shape index (κ3) is 2.16. The van der Waals surface area contributed by atoms with Gasteiger partial charge in [0.2, 0.25) is 0 Å². The first kappa shape index (κ1) is 7.75. The Labute approximate surface area is 61.3 Å². The summed E-state index contributed by atoms with van der Waals surface area (Å²) in [6, 6.07) is 3.77. The Hall–Kier alpha value is -0.253. The van der Waals surface area contributed by atoms with Crippen LogP contribution in [0.25, 0.3) is 0 Å². The number of hydrogen-bond donors (Lipinski definition) is 0. The first-order chi connectivity index (χ1) is 3.39. The minimum Gasteiger partial charge on any atom is -0.254 e. The summed E-state index contributed by atoms with van der Waals surface area (Å²) in [6.45, 7) is 2.00. The molecule has 2 heteroatoms. The zero-order valence-corrected chi connectivity index (χ0v) is 5.18. The molecule has 8 heavy (non-hydrogen) atoms. The smallest absolute Gasteiger partial charge is 0.0886 e. The molecule has 1 heterocycles. The second kappa shape index (κ2) is 3.71. The van der Waals surface area contributed by atoms with Crippen molar-refractivity contribution >= 4 is 18.9 Å². The van der Waals surface area contributed by atoms with Gasteiger partial charge in [-0.25, -0.2) is 0 Å². The Morgan fingerprint density at radius 3 is 2.62 bits per heavy atom. The molecule has 0 atom stereocenters. The largest absolute Gasteiger partial charge is 0.254 e. The van der Waals surface area contributed by atoms with Crippen LogP contribution in [0.2, 0.25) is 0 Å². The fraction of sp³-hybridized carbons (Fsp3) is 0.167. The van der Waals surface area contributed by atoms with Gasteiger partial charge >= 0.3 is 0 Å². The molecule has 2 radical (unpaired) electrons. The van der Waals surface area contributed by atoms with Gasteiger partial charge in [0.1, 0.15) is 0 Å². The predicted octanol–water partition coefficient (Wildman–Crippen LogP) is 0.809. The van der Waals surface area contributed by atoms with Gasteiger partial charge in [-0.2, -0.15) is 0 Å². The van der Waals surface area contributed by atoms with E-state index >= 15 is 0 Å².